The number of aryl methyl sites for hydroxylation is 1. The first-order valence-corrected chi connectivity index (χ1v) is 8.94. The van der Waals surface area contributed by atoms with E-state index in [1.807, 2.05) is 60.8 Å². The molecule has 1 aromatic carbocycles. The van der Waals surface area contributed by atoms with E-state index in [4.69, 9.17) is 0 Å². The molecule has 4 heteroatoms. The Kier molecular flexibility index (Phi) is 6.48. The fourth-order valence-corrected chi connectivity index (χ4v) is 2.95. The zero-order valence-corrected chi connectivity index (χ0v) is 14.7. The molecule has 26 heavy (non-hydrogen) atoms. The average Bonchev–Trinajstić information content (AvgIpc) is 2.71. The van der Waals surface area contributed by atoms with E-state index in [9.17, 15) is 4.79 Å². The molecule has 2 aromatic heterocycles. The minimum atomic E-state index is -0.232. The van der Waals surface area contributed by atoms with Crippen LogP contribution in [0.2, 0.25) is 0 Å². The third kappa shape index (κ3) is 5.24. The van der Waals surface area contributed by atoms with Crippen LogP contribution in [0, 0.1) is 0 Å². The molecule has 1 unspecified atom stereocenters. The van der Waals surface area contributed by atoms with Crippen LogP contribution in [-0.2, 0) is 17.6 Å². The highest BCUT2D eigenvalue weighted by Gasteiger charge is 2.21. The second-order valence-electron chi connectivity index (χ2n) is 6.24. The van der Waals surface area contributed by atoms with Gasteiger partial charge >= 0.3 is 0 Å². The first kappa shape index (κ1) is 17.8. The summed E-state index contributed by atoms with van der Waals surface area (Å²) in [6, 6.07) is 19.7. The van der Waals surface area contributed by atoms with E-state index in [0.29, 0.717) is 13.0 Å². The number of amides is 1. The number of carbonyl (C=O) groups excluding carboxylic acids is 1. The van der Waals surface area contributed by atoms with Gasteiger partial charge in [-0.15, -0.1) is 0 Å². The summed E-state index contributed by atoms with van der Waals surface area (Å²) in [5.74, 6) is -0.183. The maximum atomic E-state index is 12.8. The molecule has 0 aliphatic rings. The summed E-state index contributed by atoms with van der Waals surface area (Å²) in [5, 5.41) is 3.08. The van der Waals surface area contributed by atoms with E-state index < -0.39 is 0 Å². The summed E-state index contributed by atoms with van der Waals surface area (Å²) >= 11 is 0. The van der Waals surface area contributed by atoms with Crippen molar-refractivity contribution in [2.75, 3.05) is 6.54 Å². The molecule has 0 fully saturated rings. The van der Waals surface area contributed by atoms with Gasteiger partial charge in [0.2, 0.25) is 5.91 Å². The predicted octanol–water partition coefficient (Wildman–Crippen LogP) is 3.55. The van der Waals surface area contributed by atoms with Crippen molar-refractivity contribution in [1.82, 2.24) is 15.3 Å². The van der Waals surface area contributed by atoms with Gasteiger partial charge in [0.05, 0.1) is 5.92 Å². The van der Waals surface area contributed by atoms with Crippen LogP contribution in [0.3, 0.4) is 0 Å². The van der Waals surface area contributed by atoms with Crippen LogP contribution in [0.1, 0.15) is 29.2 Å². The largest absolute Gasteiger partial charge is 0.356 e. The first-order valence-electron chi connectivity index (χ1n) is 8.94. The molecule has 1 amide bonds. The van der Waals surface area contributed by atoms with Crippen molar-refractivity contribution >= 4 is 5.91 Å². The van der Waals surface area contributed by atoms with Gasteiger partial charge in [-0.2, -0.15) is 0 Å². The molecule has 132 valence electrons. The molecule has 0 aliphatic heterocycles. The monoisotopic (exact) mass is 345 g/mol. The number of nitrogens with zero attached hydrogens (tertiary/aromatic N) is 2. The van der Waals surface area contributed by atoms with Crippen molar-refractivity contribution in [2.45, 2.75) is 25.2 Å². The highest BCUT2D eigenvalue weighted by atomic mass is 16.1. The number of hydrogen-bond donors (Lipinski definition) is 1. The Morgan fingerprint density at radius 3 is 2.54 bits per heavy atom. The molecule has 0 saturated heterocycles. The molecule has 3 aromatic rings. The molecule has 0 aliphatic carbocycles. The van der Waals surface area contributed by atoms with Crippen molar-refractivity contribution in [3.63, 3.8) is 0 Å². The molecule has 0 bridgehead atoms. The number of benzene rings is 1. The van der Waals surface area contributed by atoms with Gasteiger partial charge in [-0.05, 0) is 42.2 Å². The molecule has 0 spiro atoms. The summed E-state index contributed by atoms with van der Waals surface area (Å²) in [5.41, 5.74) is 3.13. The Balaban J connectivity index is 1.59. The van der Waals surface area contributed by atoms with Gasteiger partial charge in [0, 0.05) is 37.3 Å². The Hall–Kier alpha value is -3.01. The minimum absolute atomic E-state index is 0.0491. The number of carbonyl (C=O) groups is 1. The van der Waals surface area contributed by atoms with Gasteiger partial charge in [0.1, 0.15) is 0 Å². The molecule has 3 rings (SSSR count). The van der Waals surface area contributed by atoms with Crippen LogP contribution >= 0.6 is 0 Å². The predicted molar refractivity (Wildman–Crippen MR) is 103 cm³/mol. The topological polar surface area (TPSA) is 54.9 Å². The molecular formula is C22H23N3O. The lowest BCUT2D eigenvalue weighted by Crippen LogP contribution is -2.31. The van der Waals surface area contributed by atoms with Gasteiger partial charge in [-0.3, -0.25) is 14.8 Å². The zero-order chi connectivity index (χ0) is 18.0. The minimum Gasteiger partial charge on any atom is -0.356 e. The van der Waals surface area contributed by atoms with Crippen molar-refractivity contribution in [2.24, 2.45) is 0 Å². The van der Waals surface area contributed by atoms with E-state index in [0.717, 1.165) is 24.1 Å². The number of rotatable bonds is 8. The fraction of sp³-hybridized carbons (Fsp3) is 0.227. The highest BCUT2D eigenvalue weighted by Crippen LogP contribution is 2.20. The maximum absolute atomic E-state index is 12.8. The molecule has 1 N–H and O–H groups in total. The van der Waals surface area contributed by atoms with Crippen LogP contribution in [0.25, 0.3) is 0 Å². The zero-order valence-electron chi connectivity index (χ0n) is 14.7. The van der Waals surface area contributed by atoms with E-state index in [1.165, 1.54) is 5.56 Å². The number of pyridine rings is 2. The fourth-order valence-electron chi connectivity index (χ4n) is 2.95. The van der Waals surface area contributed by atoms with Crippen LogP contribution in [0.5, 0.6) is 0 Å². The SMILES string of the molecule is O=C(NCCCc1cccnc1)C(Cc1ccccn1)c1ccccc1. The third-order valence-corrected chi connectivity index (χ3v) is 4.32. The Morgan fingerprint density at radius 2 is 1.81 bits per heavy atom. The summed E-state index contributed by atoms with van der Waals surface area (Å²) < 4.78 is 0. The lowest BCUT2D eigenvalue weighted by atomic mass is 9.93. The van der Waals surface area contributed by atoms with Gasteiger partial charge in [0.15, 0.2) is 0 Å². The van der Waals surface area contributed by atoms with E-state index >= 15 is 0 Å². The summed E-state index contributed by atoms with van der Waals surface area (Å²) in [6.07, 6.45) is 7.80. The Bertz CT molecular complexity index is 791. The van der Waals surface area contributed by atoms with Gasteiger partial charge in [-0.1, -0.05) is 42.5 Å². The van der Waals surface area contributed by atoms with Gasteiger partial charge < -0.3 is 5.32 Å². The third-order valence-electron chi connectivity index (χ3n) is 4.32. The second kappa shape index (κ2) is 9.47. The Morgan fingerprint density at radius 1 is 0.962 bits per heavy atom. The summed E-state index contributed by atoms with van der Waals surface area (Å²) in [7, 11) is 0. The maximum Gasteiger partial charge on any atom is 0.227 e. The smallest absolute Gasteiger partial charge is 0.227 e. The molecule has 4 nitrogen and oxygen atoms in total. The van der Waals surface area contributed by atoms with Crippen molar-refractivity contribution in [3.05, 3.63) is 96.1 Å². The van der Waals surface area contributed by atoms with E-state index in [2.05, 4.69) is 21.4 Å². The Labute approximate surface area is 154 Å². The lowest BCUT2D eigenvalue weighted by molar-refractivity contribution is -0.122. The summed E-state index contributed by atoms with van der Waals surface area (Å²) in [6.45, 7) is 0.652. The van der Waals surface area contributed by atoms with Crippen molar-refractivity contribution < 1.29 is 4.79 Å². The standard InChI is InChI=1S/C22H23N3O/c26-22(25-15-7-9-18-8-6-13-23-17-18)21(19-10-2-1-3-11-19)16-20-12-4-5-14-24-20/h1-6,8,10-14,17,21H,7,9,15-16H2,(H,25,26). The number of aromatic nitrogens is 2. The van der Waals surface area contributed by atoms with Crippen LogP contribution in [0.4, 0.5) is 0 Å². The normalized spacial score (nSPS) is 11.7. The van der Waals surface area contributed by atoms with Gasteiger partial charge in [-0.25, -0.2) is 0 Å². The molecule has 2 heterocycles. The highest BCUT2D eigenvalue weighted by molar-refractivity contribution is 5.83. The van der Waals surface area contributed by atoms with Gasteiger partial charge in [0.25, 0.3) is 0 Å². The van der Waals surface area contributed by atoms with E-state index in [1.54, 1.807) is 12.4 Å². The van der Waals surface area contributed by atoms with Crippen LogP contribution in [0.15, 0.2) is 79.3 Å². The lowest BCUT2D eigenvalue weighted by Gasteiger charge is -2.17. The van der Waals surface area contributed by atoms with Crippen molar-refractivity contribution in [3.8, 4) is 0 Å². The quantitative estimate of drug-likeness (QED) is 0.635. The molecule has 0 radical (unpaired) electrons. The molecular weight excluding hydrogens is 322 g/mol. The summed E-state index contributed by atoms with van der Waals surface area (Å²) in [4.78, 5) is 21.3. The second-order valence-corrected chi connectivity index (χ2v) is 6.24. The molecule has 1 atom stereocenters. The molecule has 0 saturated carbocycles. The number of nitrogens with one attached hydrogen (secondary N) is 1. The van der Waals surface area contributed by atoms with Crippen LogP contribution in [-0.4, -0.2) is 22.4 Å². The van der Waals surface area contributed by atoms with Crippen molar-refractivity contribution in [1.29, 1.82) is 0 Å². The van der Waals surface area contributed by atoms with Crippen LogP contribution < -0.4 is 5.32 Å². The number of hydrogen-bond acceptors (Lipinski definition) is 3. The first-order chi connectivity index (χ1) is 12.8. The average molecular weight is 345 g/mol. The van der Waals surface area contributed by atoms with E-state index in [-0.39, 0.29) is 11.8 Å².